The fraction of sp³-hybridized carbons (Fsp3) is 0.286. The number of nitrogens with one attached hydrogen (secondary N) is 2. The molecular weight excluding hydrogens is 342 g/mol. The number of imide groups is 1. The Balaban J connectivity index is 1.53. The maximum absolute atomic E-state index is 12.6. The third kappa shape index (κ3) is 4.53. The van der Waals surface area contributed by atoms with Gasteiger partial charge >= 0.3 is 6.03 Å². The summed E-state index contributed by atoms with van der Waals surface area (Å²) in [7, 11) is 0. The first kappa shape index (κ1) is 18.6. The lowest BCUT2D eigenvalue weighted by molar-refractivity contribution is -0.122. The minimum atomic E-state index is -0.678. The number of carbonyl (C=O) groups excluding carboxylic acids is 3. The zero-order valence-electron chi connectivity index (χ0n) is 15.5. The number of urea groups is 1. The Bertz CT molecular complexity index is 878. The molecule has 2 N–H and O–H groups in total. The maximum Gasteiger partial charge on any atom is 0.329 e. The smallest absolute Gasteiger partial charge is 0.329 e. The van der Waals surface area contributed by atoms with Gasteiger partial charge in [0.15, 0.2) is 0 Å². The van der Waals surface area contributed by atoms with Crippen molar-refractivity contribution in [2.45, 2.75) is 39.3 Å². The summed E-state index contributed by atoms with van der Waals surface area (Å²) in [5, 5.41) is 5.52. The number of amides is 4. The van der Waals surface area contributed by atoms with Crippen molar-refractivity contribution in [2.24, 2.45) is 0 Å². The minimum Gasteiger partial charge on any atom is -0.352 e. The highest BCUT2D eigenvalue weighted by Gasteiger charge is 2.38. The number of hydrogen-bond acceptors (Lipinski definition) is 3. The largest absolute Gasteiger partial charge is 0.352 e. The fourth-order valence-corrected chi connectivity index (χ4v) is 3.13. The van der Waals surface area contributed by atoms with Crippen LogP contribution in [0.3, 0.4) is 0 Å². The molecule has 140 valence electrons. The summed E-state index contributed by atoms with van der Waals surface area (Å²) in [6.45, 7) is 4.35. The highest BCUT2D eigenvalue weighted by Crippen LogP contribution is 2.22. The van der Waals surface area contributed by atoms with Crippen LogP contribution in [0.4, 0.5) is 10.5 Å². The van der Waals surface area contributed by atoms with Crippen molar-refractivity contribution in [1.82, 2.24) is 10.6 Å². The first-order valence-corrected chi connectivity index (χ1v) is 8.97. The molecule has 1 atom stereocenters. The minimum absolute atomic E-state index is 0.146. The van der Waals surface area contributed by atoms with Crippen LogP contribution in [0, 0.1) is 13.8 Å². The van der Waals surface area contributed by atoms with Crippen LogP contribution in [0.2, 0.25) is 0 Å². The standard InChI is InChI=1S/C21H23N3O3/c1-14-5-3-7-16(11-14)13-22-19(25)10-9-18-20(26)24(21(27)23-18)17-8-4-6-15(2)12-17/h3-8,11-12,18H,9-10,13H2,1-2H3,(H,22,25)(H,23,27). The molecule has 4 amide bonds. The van der Waals surface area contributed by atoms with Gasteiger partial charge in [-0.3, -0.25) is 9.59 Å². The molecule has 3 rings (SSSR count). The van der Waals surface area contributed by atoms with E-state index in [1.54, 1.807) is 18.2 Å². The van der Waals surface area contributed by atoms with E-state index < -0.39 is 12.1 Å². The predicted molar refractivity (Wildman–Crippen MR) is 103 cm³/mol. The molecule has 0 radical (unpaired) electrons. The van der Waals surface area contributed by atoms with E-state index in [4.69, 9.17) is 0 Å². The number of carbonyl (C=O) groups is 3. The van der Waals surface area contributed by atoms with Gasteiger partial charge in [0.2, 0.25) is 5.91 Å². The second-order valence-electron chi connectivity index (χ2n) is 6.82. The number of anilines is 1. The Morgan fingerprint density at radius 3 is 2.48 bits per heavy atom. The summed E-state index contributed by atoms with van der Waals surface area (Å²) in [5.41, 5.74) is 3.67. The number of aryl methyl sites for hydroxylation is 2. The fourth-order valence-electron chi connectivity index (χ4n) is 3.13. The van der Waals surface area contributed by atoms with Gasteiger partial charge < -0.3 is 10.6 Å². The first-order valence-electron chi connectivity index (χ1n) is 8.97. The molecule has 0 aliphatic carbocycles. The lowest BCUT2D eigenvalue weighted by atomic mass is 10.1. The molecule has 2 aromatic carbocycles. The van der Waals surface area contributed by atoms with E-state index in [1.807, 2.05) is 44.2 Å². The van der Waals surface area contributed by atoms with Gasteiger partial charge in [0.1, 0.15) is 6.04 Å². The van der Waals surface area contributed by atoms with Crippen LogP contribution >= 0.6 is 0 Å². The summed E-state index contributed by atoms with van der Waals surface area (Å²) in [6.07, 6.45) is 0.441. The van der Waals surface area contributed by atoms with Crippen molar-refractivity contribution >= 4 is 23.5 Å². The summed E-state index contributed by atoms with van der Waals surface area (Å²) < 4.78 is 0. The van der Waals surface area contributed by atoms with E-state index in [9.17, 15) is 14.4 Å². The van der Waals surface area contributed by atoms with Gasteiger partial charge in [0.25, 0.3) is 5.91 Å². The molecule has 1 fully saturated rings. The van der Waals surface area contributed by atoms with Gasteiger partial charge in [-0.2, -0.15) is 0 Å². The van der Waals surface area contributed by atoms with Gasteiger partial charge in [-0.25, -0.2) is 9.69 Å². The second kappa shape index (κ2) is 8.03. The highest BCUT2D eigenvalue weighted by atomic mass is 16.2. The van der Waals surface area contributed by atoms with E-state index in [0.717, 1.165) is 21.6 Å². The van der Waals surface area contributed by atoms with Gasteiger partial charge in [-0.15, -0.1) is 0 Å². The lowest BCUT2D eigenvalue weighted by Gasteiger charge is -2.13. The number of rotatable bonds is 6. The van der Waals surface area contributed by atoms with E-state index in [-0.39, 0.29) is 24.7 Å². The molecule has 0 spiro atoms. The molecular formula is C21H23N3O3. The first-order chi connectivity index (χ1) is 12.9. The normalized spacial score (nSPS) is 16.4. The van der Waals surface area contributed by atoms with Crippen LogP contribution < -0.4 is 15.5 Å². The Morgan fingerprint density at radius 2 is 1.78 bits per heavy atom. The lowest BCUT2D eigenvalue weighted by Crippen LogP contribution is -2.32. The van der Waals surface area contributed by atoms with E-state index >= 15 is 0 Å². The van der Waals surface area contributed by atoms with Crippen molar-refractivity contribution in [3.63, 3.8) is 0 Å². The molecule has 0 aromatic heterocycles. The molecule has 2 aromatic rings. The summed E-state index contributed by atoms with van der Waals surface area (Å²) >= 11 is 0. The van der Waals surface area contributed by atoms with E-state index in [1.165, 1.54) is 0 Å². The Kier molecular flexibility index (Phi) is 5.54. The van der Waals surface area contributed by atoms with Crippen LogP contribution in [0.15, 0.2) is 48.5 Å². The van der Waals surface area contributed by atoms with Crippen LogP contribution in [0.5, 0.6) is 0 Å². The van der Waals surface area contributed by atoms with Crippen LogP contribution in [0.25, 0.3) is 0 Å². The molecule has 1 aliphatic rings. The van der Waals surface area contributed by atoms with Gasteiger partial charge in [-0.1, -0.05) is 42.0 Å². The van der Waals surface area contributed by atoms with Gasteiger partial charge in [-0.05, 0) is 43.5 Å². The number of benzene rings is 2. The predicted octanol–water partition coefficient (Wildman–Crippen LogP) is 2.82. The molecule has 6 heteroatoms. The van der Waals surface area contributed by atoms with Crippen molar-refractivity contribution < 1.29 is 14.4 Å². The van der Waals surface area contributed by atoms with Gasteiger partial charge in [0.05, 0.1) is 5.69 Å². The number of hydrogen-bond donors (Lipinski definition) is 2. The van der Waals surface area contributed by atoms with Crippen molar-refractivity contribution in [3.05, 3.63) is 65.2 Å². The SMILES string of the molecule is Cc1cccc(CNC(=O)CCC2NC(=O)N(c3cccc(C)c3)C2=O)c1. The topological polar surface area (TPSA) is 78.5 Å². The van der Waals surface area contributed by atoms with Crippen LogP contribution in [-0.4, -0.2) is 23.9 Å². The molecule has 1 heterocycles. The molecule has 27 heavy (non-hydrogen) atoms. The average Bonchev–Trinajstić information content (AvgIpc) is 2.92. The van der Waals surface area contributed by atoms with Crippen LogP contribution in [-0.2, 0) is 16.1 Å². The summed E-state index contributed by atoms with van der Waals surface area (Å²) in [4.78, 5) is 38.0. The van der Waals surface area contributed by atoms with Gasteiger partial charge in [0, 0.05) is 13.0 Å². The highest BCUT2D eigenvalue weighted by molar-refractivity contribution is 6.21. The summed E-state index contributed by atoms with van der Waals surface area (Å²) in [5.74, 6) is -0.468. The third-order valence-electron chi connectivity index (χ3n) is 4.51. The zero-order valence-corrected chi connectivity index (χ0v) is 15.5. The molecule has 1 unspecified atom stereocenters. The summed E-state index contributed by atoms with van der Waals surface area (Å²) in [6, 6.07) is 14.0. The maximum atomic E-state index is 12.6. The molecule has 6 nitrogen and oxygen atoms in total. The molecule has 1 saturated heterocycles. The van der Waals surface area contributed by atoms with Crippen molar-refractivity contribution in [3.8, 4) is 0 Å². The van der Waals surface area contributed by atoms with E-state index in [0.29, 0.717) is 12.2 Å². The molecule has 0 bridgehead atoms. The Hall–Kier alpha value is -3.15. The van der Waals surface area contributed by atoms with Crippen LogP contribution in [0.1, 0.15) is 29.5 Å². The number of nitrogens with zero attached hydrogens (tertiary/aromatic N) is 1. The second-order valence-corrected chi connectivity index (χ2v) is 6.82. The monoisotopic (exact) mass is 365 g/mol. The van der Waals surface area contributed by atoms with E-state index in [2.05, 4.69) is 10.6 Å². The zero-order chi connectivity index (χ0) is 19.4. The Morgan fingerprint density at radius 1 is 1.07 bits per heavy atom. The van der Waals surface area contributed by atoms with Crippen molar-refractivity contribution in [2.75, 3.05) is 4.90 Å². The Labute approximate surface area is 158 Å². The molecule has 1 aliphatic heterocycles. The molecule has 0 saturated carbocycles. The third-order valence-corrected chi connectivity index (χ3v) is 4.51. The average molecular weight is 365 g/mol. The van der Waals surface area contributed by atoms with Crippen molar-refractivity contribution in [1.29, 1.82) is 0 Å². The quantitative estimate of drug-likeness (QED) is 0.773.